The summed E-state index contributed by atoms with van der Waals surface area (Å²) in [6.07, 6.45) is -2.25. The molecule has 3 rings (SSSR count). The third-order valence-electron chi connectivity index (χ3n) is 5.02. The molecule has 31 heavy (non-hydrogen) atoms. The molecule has 0 saturated carbocycles. The second-order valence-electron chi connectivity index (χ2n) is 7.10. The summed E-state index contributed by atoms with van der Waals surface area (Å²) in [5, 5.41) is 16.8. The van der Waals surface area contributed by atoms with Gasteiger partial charge in [0.1, 0.15) is 11.6 Å². The monoisotopic (exact) mass is 553 g/mol. The van der Waals surface area contributed by atoms with Gasteiger partial charge in [-0.3, -0.25) is 4.99 Å². The van der Waals surface area contributed by atoms with Crippen LogP contribution in [0.1, 0.15) is 37.2 Å². The first kappa shape index (κ1) is 25.2. The molecule has 2 aromatic rings. The van der Waals surface area contributed by atoms with Gasteiger partial charge in [-0.2, -0.15) is 13.2 Å². The maximum atomic E-state index is 13.7. The number of aliphatic hydroxyl groups is 1. The van der Waals surface area contributed by atoms with E-state index in [2.05, 4.69) is 20.6 Å². The largest absolute Gasteiger partial charge is 0.493 e. The van der Waals surface area contributed by atoms with Crippen LogP contribution in [-0.4, -0.2) is 46.5 Å². The Hall–Kier alpha value is -2.02. The van der Waals surface area contributed by atoms with E-state index in [1.54, 1.807) is 0 Å². The molecule has 172 valence electrons. The van der Waals surface area contributed by atoms with Gasteiger partial charge >= 0.3 is 6.18 Å². The summed E-state index contributed by atoms with van der Waals surface area (Å²) in [4.78, 5) is 7.98. The number of aryl methyl sites for hydroxylation is 1. The Labute approximate surface area is 196 Å². The lowest BCUT2D eigenvalue weighted by molar-refractivity contribution is -0.272. The molecular weight excluding hydrogens is 526 g/mol. The SMILES string of the molecule is CCNC(=NCCC(O)(c1nccn1C)C(F)(F)F)NC1CCOc2ccccc21.I. The van der Waals surface area contributed by atoms with Crippen LogP contribution in [0.5, 0.6) is 5.75 Å². The smallest absolute Gasteiger partial charge is 0.424 e. The zero-order valence-corrected chi connectivity index (χ0v) is 19.6. The van der Waals surface area contributed by atoms with Crippen LogP contribution in [0.3, 0.4) is 0 Å². The predicted octanol–water partition coefficient (Wildman–Crippen LogP) is 3.26. The molecule has 2 atom stereocenters. The minimum atomic E-state index is -4.88. The van der Waals surface area contributed by atoms with Crippen LogP contribution in [0.2, 0.25) is 0 Å². The quantitative estimate of drug-likeness (QED) is 0.291. The molecular formula is C20H27F3IN5O2. The van der Waals surface area contributed by atoms with E-state index in [0.29, 0.717) is 25.5 Å². The van der Waals surface area contributed by atoms with Crippen molar-refractivity contribution in [3.05, 3.63) is 48.0 Å². The summed E-state index contributed by atoms with van der Waals surface area (Å²) in [6.45, 7) is 2.69. The molecule has 2 unspecified atom stereocenters. The number of benzene rings is 1. The first-order valence-corrected chi connectivity index (χ1v) is 9.79. The topological polar surface area (TPSA) is 83.7 Å². The number of halogens is 4. The molecule has 0 saturated heterocycles. The summed E-state index contributed by atoms with van der Waals surface area (Å²) in [5.41, 5.74) is -2.12. The number of rotatable bonds is 6. The van der Waals surface area contributed by atoms with Gasteiger partial charge in [0, 0.05) is 50.9 Å². The Morgan fingerprint density at radius 1 is 1.35 bits per heavy atom. The first-order valence-electron chi connectivity index (χ1n) is 9.79. The lowest BCUT2D eigenvalue weighted by Crippen LogP contribution is -2.45. The number of imidazole rings is 1. The van der Waals surface area contributed by atoms with E-state index in [0.717, 1.165) is 11.3 Å². The van der Waals surface area contributed by atoms with Crippen molar-refractivity contribution < 1.29 is 23.0 Å². The summed E-state index contributed by atoms with van der Waals surface area (Å²) in [5.74, 6) is 0.698. The molecule has 11 heteroatoms. The van der Waals surface area contributed by atoms with E-state index in [9.17, 15) is 18.3 Å². The van der Waals surface area contributed by atoms with Crippen LogP contribution in [0.15, 0.2) is 41.7 Å². The molecule has 0 radical (unpaired) electrons. The Morgan fingerprint density at radius 2 is 2.10 bits per heavy atom. The highest BCUT2D eigenvalue weighted by Crippen LogP contribution is 2.40. The number of aliphatic imine (C=N–C) groups is 1. The molecule has 0 aliphatic carbocycles. The summed E-state index contributed by atoms with van der Waals surface area (Å²) in [7, 11) is 1.41. The number of alkyl halides is 3. The van der Waals surface area contributed by atoms with Crippen molar-refractivity contribution in [2.24, 2.45) is 12.0 Å². The molecule has 1 aliphatic heterocycles. The minimum absolute atomic E-state index is 0. The van der Waals surface area contributed by atoms with Gasteiger partial charge in [0.2, 0.25) is 5.60 Å². The third kappa shape index (κ3) is 5.62. The van der Waals surface area contributed by atoms with Crippen LogP contribution in [0.4, 0.5) is 13.2 Å². The van der Waals surface area contributed by atoms with Crippen LogP contribution >= 0.6 is 24.0 Å². The van der Waals surface area contributed by atoms with E-state index in [-0.39, 0.29) is 36.6 Å². The maximum absolute atomic E-state index is 13.7. The summed E-state index contributed by atoms with van der Waals surface area (Å²) < 4.78 is 47.8. The van der Waals surface area contributed by atoms with Crippen molar-refractivity contribution in [2.45, 2.75) is 37.6 Å². The summed E-state index contributed by atoms with van der Waals surface area (Å²) in [6, 6.07) is 7.53. The molecule has 0 amide bonds. The number of hydrogen-bond donors (Lipinski definition) is 3. The van der Waals surface area contributed by atoms with Crippen LogP contribution in [-0.2, 0) is 12.6 Å². The van der Waals surface area contributed by atoms with Gasteiger partial charge in [0.05, 0.1) is 12.6 Å². The third-order valence-corrected chi connectivity index (χ3v) is 5.02. The lowest BCUT2D eigenvalue weighted by atomic mass is 9.98. The number of aromatic nitrogens is 2. The van der Waals surface area contributed by atoms with Crippen molar-refractivity contribution in [1.29, 1.82) is 0 Å². The van der Waals surface area contributed by atoms with Gasteiger partial charge in [-0.05, 0) is 13.0 Å². The normalized spacial score (nSPS) is 18.3. The van der Waals surface area contributed by atoms with E-state index in [1.807, 2.05) is 31.2 Å². The lowest BCUT2D eigenvalue weighted by Gasteiger charge is -2.30. The molecule has 2 heterocycles. The number of para-hydroxylation sites is 1. The van der Waals surface area contributed by atoms with E-state index in [4.69, 9.17) is 4.74 Å². The Kier molecular flexibility index (Phi) is 8.57. The van der Waals surface area contributed by atoms with Gasteiger partial charge in [0.15, 0.2) is 5.96 Å². The molecule has 1 aromatic carbocycles. The van der Waals surface area contributed by atoms with Crippen molar-refractivity contribution in [1.82, 2.24) is 20.2 Å². The molecule has 0 bridgehead atoms. The van der Waals surface area contributed by atoms with E-state index < -0.39 is 24.0 Å². The number of guanidine groups is 1. The van der Waals surface area contributed by atoms with Gasteiger partial charge in [-0.1, -0.05) is 18.2 Å². The first-order chi connectivity index (χ1) is 14.3. The minimum Gasteiger partial charge on any atom is -0.493 e. The fourth-order valence-corrected chi connectivity index (χ4v) is 3.45. The van der Waals surface area contributed by atoms with Crippen LogP contribution in [0.25, 0.3) is 0 Å². The fourth-order valence-electron chi connectivity index (χ4n) is 3.45. The van der Waals surface area contributed by atoms with Crippen molar-refractivity contribution in [2.75, 3.05) is 19.7 Å². The van der Waals surface area contributed by atoms with Gasteiger partial charge < -0.3 is 25.0 Å². The maximum Gasteiger partial charge on any atom is 0.424 e. The highest BCUT2D eigenvalue weighted by atomic mass is 127. The number of ether oxygens (including phenoxy) is 1. The Morgan fingerprint density at radius 3 is 2.74 bits per heavy atom. The zero-order valence-electron chi connectivity index (χ0n) is 17.3. The van der Waals surface area contributed by atoms with Gasteiger partial charge in [0.25, 0.3) is 0 Å². The standard InChI is InChI=1S/C20H26F3N5O2.HI/c1-3-24-18(27-15-8-13-30-16-7-5-4-6-14(15)16)26-10-9-19(29,20(21,22)23)17-25-11-12-28(17)2;/h4-7,11-12,15,29H,3,8-10,13H2,1-2H3,(H2,24,26,27);1H. The van der Waals surface area contributed by atoms with Crippen LogP contribution < -0.4 is 15.4 Å². The zero-order chi connectivity index (χ0) is 21.8. The van der Waals surface area contributed by atoms with E-state index in [1.165, 1.54) is 24.0 Å². The number of nitrogens with one attached hydrogen (secondary N) is 2. The average Bonchev–Trinajstić information content (AvgIpc) is 3.14. The molecule has 3 N–H and O–H groups in total. The summed E-state index contributed by atoms with van der Waals surface area (Å²) >= 11 is 0. The Balaban J connectivity index is 0.00000341. The fraction of sp³-hybridized carbons (Fsp3) is 0.500. The second-order valence-corrected chi connectivity index (χ2v) is 7.10. The van der Waals surface area contributed by atoms with Crippen molar-refractivity contribution in [3.63, 3.8) is 0 Å². The number of fused-ring (bicyclic) bond motifs is 1. The number of hydrogen-bond acceptors (Lipinski definition) is 4. The van der Waals surface area contributed by atoms with Crippen molar-refractivity contribution in [3.8, 4) is 5.75 Å². The molecule has 7 nitrogen and oxygen atoms in total. The van der Waals surface area contributed by atoms with Crippen molar-refractivity contribution >= 4 is 29.9 Å². The molecule has 1 aromatic heterocycles. The van der Waals surface area contributed by atoms with E-state index >= 15 is 0 Å². The molecule has 1 aliphatic rings. The van der Waals surface area contributed by atoms with Gasteiger partial charge in [-0.15, -0.1) is 24.0 Å². The number of nitrogens with zero attached hydrogens (tertiary/aromatic N) is 3. The highest BCUT2D eigenvalue weighted by molar-refractivity contribution is 14.0. The second kappa shape index (κ2) is 10.5. The molecule has 0 spiro atoms. The Bertz CT molecular complexity index is 890. The average molecular weight is 553 g/mol. The highest BCUT2D eigenvalue weighted by Gasteiger charge is 2.57. The van der Waals surface area contributed by atoms with Crippen LogP contribution in [0, 0.1) is 0 Å². The molecule has 0 fully saturated rings. The van der Waals surface area contributed by atoms with Gasteiger partial charge in [-0.25, -0.2) is 4.98 Å². The predicted molar refractivity (Wildman–Crippen MR) is 122 cm³/mol.